The maximum Gasteiger partial charge on any atom is 0.226 e. The largest absolute Gasteiger partial charge is 0.619 e. The zero-order valence-corrected chi connectivity index (χ0v) is 15.9. The van der Waals surface area contributed by atoms with E-state index in [1.54, 1.807) is 12.1 Å². The number of hydrogen-bond donors (Lipinski definition) is 1. The van der Waals surface area contributed by atoms with E-state index in [0.717, 1.165) is 44.0 Å². The molecule has 0 aliphatic carbocycles. The predicted molar refractivity (Wildman–Crippen MR) is 105 cm³/mol. The molecular weight excluding hydrogens is 346 g/mol. The number of pyridine rings is 1. The fourth-order valence-electron chi connectivity index (χ4n) is 2.85. The summed E-state index contributed by atoms with van der Waals surface area (Å²) < 4.78 is 0.755. The number of rotatable bonds is 5. The molecule has 0 aliphatic heterocycles. The van der Waals surface area contributed by atoms with Crippen molar-refractivity contribution in [2.75, 3.05) is 5.32 Å². The van der Waals surface area contributed by atoms with Crippen molar-refractivity contribution in [2.24, 2.45) is 0 Å². The molecule has 0 fully saturated rings. The van der Waals surface area contributed by atoms with Crippen LogP contribution in [0.3, 0.4) is 0 Å². The monoisotopic (exact) mass is 367 g/mol. The van der Waals surface area contributed by atoms with Gasteiger partial charge in [-0.3, -0.25) is 4.79 Å². The Kier molecular flexibility index (Phi) is 5.32. The van der Waals surface area contributed by atoms with Crippen LogP contribution in [0.2, 0.25) is 0 Å². The quantitative estimate of drug-likeness (QED) is 0.534. The van der Waals surface area contributed by atoms with Gasteiger partial charge in [-0.05, 0) is 32.4 Å². The molecule has 0 saturated carbocycles. The van der Waals surface area contributed by atoms with Gasteiger partial charge in [0.1, 0.15) is 0 Å². The third-order valence-electron chi connectivity index (χ3n) is 3.91. The van der Waals surface area contributed by atoms with E-state index in [2.05, 4.69) is 42.3 Å². The standard InChI is InChI=1S/C20H21N3O2S/c1-4-5-17(24)21-20-22-18(16-11-13(2)10-14(3)12-16)19(26-20)15-6-8-23(25)9-7-15/h6-12H,4-5H2,1-3H3,(H,21,22,24). The van der Waals surface area contributed by atoms with Crippen LogP contribution in [0.5, 0.6) is 0 Å². The molecule has 3 aromatic rings. The van der Waals surface area contributed by atoms with E-state index < -0.39 is 0 Å². The molecule has 0 atom stereocenters. The molecule has 2 aromatic heterocycles. The molecule has 1 aromatic carbocycles. The normalized spacial score (nSPS) is 10.7. The third-order valence-corrected chi connectivity index (χ3v) is 4.93. The van der Waals surface area contributed by atoms with Crippen molar-refractivity contribution in [3.63, 3.8) is 0 Å². The second kappa shape index (κ2) is 7.66. The maximum absolute atomic E-state index is 12.0. The topological polar surface area (TPSA) is 68.9 Å². The maximum atomic E-state index is 12.0. The fourth-order valence-corrected chi connectivity index (χ4v) is 3.86. The van der Waals surface area contributed by atoms with Crippen molar-refractivity contribution in [1.82, 2.24) is 4.98 Å². The van der Waals surface area contributed by atoms with Gasteiger partial charge >= 0.3 is 0 Å². The zero-order valence-electron chi connectivity index (χ0n) is 15.1. The molecule has 0 radical (unpaired) electrons. The van der Waals surface area contributed by atoms with Crippen LogP contribution in [0.25, 0.3) is 21.7 Å². The number of aryl methyl sites for hydroxylation is 2. The summed E-state index contributed by atoms with van der Waals surface area (Å²) in [5.41, 5.74) is 5.03. The molecule has 1 amide bonds. The zero-order chi connectivity index (χ0) is 18.7. The average Bonchev–Trinajstić information content (AvgIpc) is 2.98. The van der Waals surface area contributed by atoms with Gasteiger partial charge in [0.2, 0.25) is 5.91 Å². The van der Waals surface area contributed by atoms with Crippen molar-refractivity contribution >= 4 is 22.4 Å². The first kappa shape index (κ1) is 18.1. The molecule has 3 rings (SSSR count). The van der Waals surface area contributed by atoms with Gasteiger partial charge in [-0.15, -0.1) is 0 Å². The van der Waals surface area contributed by atoms with Gasteiger partial charge in [0.05, 0.1) is 10.6 Å². The molecule has 2 heterocycles. The first-order valence-electron chi connectivity index (χ1n) is 8.55. The van der Waals surface area contributed by atoms with Crippen LogP contribution in [0.15, 0.2) is 42.7 Å². The predicted octanol–water partition coefficient (Wildman–Crippen LogP) is 4.47. The number of benzene rings is 1. The summed E-state index contributed by atoms with van der Waals surface area (Å²) in [7, 11) is 0. The van der Waals surface area contributed by atoms with Gasteiger partial charge in [-0.25, -0.2) is 4.98 Å². The van der Waals surface area contributed by atoms with Gasteiger partial charge in [0, 0.05) is 29.7 Å². The minimum absolute atomic E-state index is 0.0368. The third kappa shape index (κ3) is 4.08. The van der Waals surface area contributed by atoms with Crippen molar-refractivity contribution in [1.29, 1.82) is 0 Å². The first-order valence-corrected chi connectivity index (χ1v) is 9.36. The summed E-state index contributed by atoms with van der Waals surface area (Å²) in [5, 5.41) is 14.8. The van der Waals surface area contributed by atoms with Crippen molar-refractivity contribution in [3.05, 3.63) is 59.1 Å². The number of thiazole rings is 1. The number of nitrogens with one attached hydrogen (secondary N) is 1. The lowest BCUT2D eigenvalue weighted by Gasteiger charge is -2.05. The molecule has 0 aliphatic rings. The number of nitrogens with zero attached hydrogens (tertiary/aromatic N) is 2. The first-order chi connectivity index (χ1) is 12.5. The second-order valence-electron chi connectivity index (χ2n) is 6.32. The molecular formula is C20H21N3O2S. The Hall–Kier alpha value is -2.73. The summed E-state index contributed by atoms with van der Waals surface area (Å²) in [4.78, 5) is 17.6. The van der Waals surface area contributed by atoms with E-state index in [0.29, 0.717) is 11.6 Å². The van der Waals surface area contributed by atoms with Crippen molar-refractivity contribution < 1.29 is 9.52 Å². The molecule has 134 valence electrons. The Morgan fingerprint density at radius 2 is 1.81 bits per heavy atom. The number of hydrogen-bond acceptors (Lipinski definition) is 4. The summed E-state index contributed by atoms with van der Waals surface area (Å²) >= 11 is 1.42. The SMILES string of the molecule is CCCC(=O)Nc1nc(-c2cc(C)cc(C)c2)c(-c2cc[n+]([O-])cc2)s1. The Bertz CT molecular complexity index is 912. The number of amides is 1. The van der Waals surface area contributed by atoms with Crippen LogP contribution in [0.4, 0.5) is 5.13 Å². The van der Waals surface area contributed by atoms with Gasteiger partial charge < -0.3 is 10.5 Å². The summed E-state index contributed by atoms with van der Waals surface area (Å²) in [6, 6.07) is 9.82. The minimum Gasteiger partial charge on any atom is -0.619 e. The lowest BCUT2D eigenvalue weighted by molar-refractivity contribution is -0.605. The van der Waals surface area contributed by atoms with Gasteiger partial charge in [-0.1, -0.05) is 35.5 Å². The number of carbonyl (C=O) groups is 1. The number of anilines is 1. The van der Waals surface area contributed by atoms with E-state index in [4.69, 9.17) is 0 Å². The highest BCUT2D eigenvalue weighted by molar-refractivity contribution is 7.19. The molecule has 0 saturated heterocycles. The molecule has 26 heavy (non-hydrogen) atoms. The average molecular weight is 367 g/mol. The lowest BCUT2D eigenvalue weighted by atomic mass is 10.0. The van der Waals surface area contributed by atoms with Gasteiger partial charge in [0.25, 0.3) is 0 Å². The van der Waals surface area contributed by atoms with Crippen LogP contribution in [-0.4, -0.2) is 10.9 Å². The Labute approximate surface area is 156 Å². The van der Waals surface area contributed by atoms with E-state index in [1.807, 2.05) is 6.92 Å². The van der Waals surface area contributed by atoms with Crippen LogP contribution in [-0.2, 0) is 4.79 Å². The Morgan fingerprint density at radius 3 is 2.42 bits per heavy atom. The number of aromatic nitrogens is 2. The minimum atomic E-state index is -0.0368. The molecule has 0 bridgehead atoms. The molecule has 5 nitrogen and oxygen atoms in total. The summed E-state index contributed by atoms with van der Waals surface area (Å²) in [6.07, 6.45) is 4.19. The highest BCUT2D eigenvalue weighted by Crippen LogP contribution is 2.39. The highest BCUT2D eigenvalue weighted by Gasteiger charge is 2.17. The van der Waals surface area contributed by atoms with Crippen LogP contribution >= 0.6 is 11.3 Å². The Balaban J connectivity index is 2.09. The fraction of sp³-hybridized carbons (Fsp3) is 0.250. The summed E-state index contributed by atoms with van der Waals surface area (Å²) in [6.45, 7) is 6.07. The van der Waals surface area contributed by atoms with Gasteiger partial charge in [0.15, 0.2) is 17.5 Å². The molecule has 0 unspecified atom stereocenters. The lowest BCUT2D eigenvalue weighted by Crippen LogP contribution is -2.23. The smallest absolute Gasteiger partial charge is 0.226 e. The van der Waals surface area contributed by atoms with E-state index in [9.17, 15) is 10.0 Å². The van der Waals surface area contributed by atoms with Crippen LogP contribution in [0, 0.1) is 19.1 Å². The summed E-state index contributed by atoms with van der Waals surface area (Å²) in [5.74, 6) is -0.0368. The van der Waals surface area contributed by atoms with E-state index >= 15 is 0 Å². The Morgan fingerprint density at radius 1 is 1.15 bits per heavy atom. The van der Waals surface area contributed by atoms with Crippen molar-refractivity contribution in [3.8, 4) is 21.7 Å². The number of carbonyl (C=O) groups excluding carboxylic acids is 1. The van der Waals surface area contributed by atoms with E-state index in [1.165, 1.54) is 23.7 Å². The van der Waals surface area contributed by atoms with Crippen LogP contribution < -0.4 is 10.0 Å². The molecule has 6 heteroatoms. The molecule has 1 N–H and O–H groups in total. The highest BCUT2D eigenvalue weighted by atomic mass is 32.1. The second-order valence-corrected chi connectivity index (χ2v) is 7.32. The van der Waals surface area contributed by atoms with Crippen LogP contribution in [0.1, 0.15) is 30.9 Å². The van der Waals surface area contributed by atoms with E-state index in [-0.39, 0.29) is 5.91 Å². The van der Waals surface area contributed by atoms with Gasteiger partial charge in [-0.2, -0.15) is 4.73 Å². The van der Waals surface area contributed by atoms with Crippen molar-refractivity contribution in [2.45, 2.75) is 33.6 Å². The molecule has 0 spiro atoms.